The van der Waals surface area contributed by atoms with Gasteiger partial charge in [-0.3, -0.25) is 0 Å². The van der Waals surface area contributed by atoms with Crippen molar-refractivity contribution in [1.82, 2.24) is 15.1 Å². The third kappa shape index (κ3) is 12.1. The van der Waals surface area contributed by atoms with Gasteiger partial charge < -0.3 is 29.3 Å². The number of likely N-dealkylation sites (tertiary alicyclic amines) is 1. The maximum absolute atomic E-state index is 13.8. The Morgan fingerprint density at radius 2 is 1.84 bits per heavy atom. The van der Waals surface area contributed by atoms with Crippen molar-refractivity contribution in [1.29, 1.82) is 0 Å². The molecule has 45 heavy (non-hydrogen) atoms. The van der Waals surface area contributed by atoms with E-state index in [1.54, 1.807) is 18.9 Å². The minimum Gasteiger partial charge on any atom is -0.464 e. The highest BCUT2D eigenvalue weighted by atomic mass is 35.5. The number of esters is 1. The molecule has 2 fully saturated rings. The maximum Gasteiger partial charge on any atom is 0.409 e. The van der Waals surface area contributed by atoms with Gasteiger partial charge >= 0.3 is 18.1 Å². The summed E-state index contributed by atoms with van der Waals surface area (Å²) in [6, 6.07) is 8.10. The Balaban J connectivity index is 1.72. The van der Waals surface area contributed by atoms with E-state index in [2.05, 4.69) is 25.0 Å². The highest BCUT2D eigenvalue weighted by Crippen LogP contribution is 2.40. The van der Waals surface area contributed by atoms with Crippen molar-refractivity contribution >= 4 is 37.8 Å². The standard InChI is InChI=1S/C34H56ClN3O6Si/c1-7-42-31(39)25-44-34(2,27-15-11-17-29(35)22-27)28-16-12-18-38(23-28)32(40)36-30(21-26-13-9-8-10-14-26)24-37(3)33(41)43-19-20-45(4,5)6/h11,15,17,22,26,28,30H,7-10,12-14,16,18-21,23-25H2,1-6H3,(H,36,40)/t28-,30+,34+/m1/s1. The first-order chi connectivity index (χ1) is 21.3. The molecule has 3 amide bonds. The van der Waals surface area contributed by atoms with Crippen molar-refractivity contribution in [3.05, 3.63) is 34.9 Å². The van der Waals surface area contributed by atoms with Crippen molar-refractivity contribution in [2.45, 2.75) is 103 Å². The van der Waals surface area contributed by atoms with Gasteiger partial charge in [0.25, 0.3) is 0 Å². The van der Waals surface area contributed by atoms with Crippen LogP contribution >= 0.6 is 11.6 Å². The highest BCUT2D eigenvalue weighted by Gasteiger charge is 2.41. The quantitative estimate of drug-likeness (QED) is 0.165. The van der Waals surface area contributed by atoms with Gasteiger partial charge in [-0.1, -0.05) is 75.5 Å². The van der Waals surface area contributed by atoms with E-state index in [0.717, 1.165) is 43.7 Å². The van der Waals surface area contributed by atoms with E-state index in [-0.39, 0.29) is 37.3 Å². The molecule has 1 heterocycles. The number of piperidine rings is 1. The number of hydrogen-bond donors (Lipinski definition) is 1. The summed E-state index contributed by atoms with van der Waals surface area (Å²) in [7, 11) is 0.438. The van der Waals surface area contributed by atoms with Crippen LogP contribution in [0.5, 0.6) is 0 Å². The SMILES string of the molecule is CCOC(=O)CO[C@@](C)(c1cccc(Cl)c1)[C@@H]1CCCN(C(=O)N[C@@H](CC2CCCCC2)CN(C)C(=O)OCC[Si](C)(C)C)C1. The fraction of sp³-hybridized carbons (Fsp3) is 0.735. The first kappa shape index (κ1) is 37.2. The second kappa shape index (κ2) is 17.6. The van der Waals surface area contributed by atoms with Gasteiger partial charge in [0.1, 0.15) is 6.61 Å². The summed E-state index contributed by atoms with van der Waals surface area (Å²) in [5.41, 5.74) is -0.00569. The monoisotopic (exact) mass is 665 g/mol. The molecule has 1 aromatic rings. The molecule has 2 aliphatic rings. The number of amides is 3. The van der Waals surface area contributed by atoms with Crippen LogP contribution in [0, 0.1) is 11.8 Å². The first-order valence-corrected chi connectivity index (χ1v) is 20.9. The van der Waals surface area contributed by atoms with Crippen LogP contribution in [0.4, 0.5) is 9.59 Å². The minimum atomic E-state index is -1.32. The lowest BCUT2D eigenvalue weighted by molar-refractivity contribution is -0.161. The molecule has 1 aliphatic carbocycles. The fourth-order valence-electron chi connectivity index (χ4n) is 6.49. The number of urea groups is 1. The number of halogens is 1. The molecular formula is C34H56ClN3O6Si. The molecule has 0 spiro atoms. The zero-order chi connectivity index (χ0) is 33.0. The summed E-state index contributed by atoms with van der Waals surface area (Å²) < 4.78 is 17.0. The molecule has 0 aromatic heterocycles. The van der Waals surface area contributed by atoms with Crippen LogP contribution in [0.2, 0.25) is 30.7 Å². The third-order valence-corrected chi connectivity index (χ3v) is 11.2. The molecule has 11 heteroatoms. The Labute approximate surface area is 276 Å². The van der Waals surface area contributed by atoms with Gasteiger partial charge in [0, 0.05) is 51.7 Å². The van der Waals surface area contributed by atoms with Crippen molar-refractivity contribution in [3.63, 3.8) is 0 Å². The number of carbonyl (C=O) groups is 3. The van der Waals surface area contributed by atoms with Gasteiger partial charge in [0.2, 0.25) is 0 Å². The average molecular weight is 666 g/mol. The fourth-order valence-corrected chi connectivity index (χ4v) is 7.39. The number of ether oxygens (including phenoxy) is 3. The summed E-state index contributed by atoms with van der Waals surface area (Å²) >= 11 is 6.37. The second-order valence-electron chi connectivity index (χ2n) is 14.2. The number of hydrogen-bond acceptors (Lipinski definition) is 6. The van der Waals surface area contributed by atoms with E-state index in [1.165, 1.54) is 19.3 Å². The normalized spacial score (nSPS) is 19.7. The lowest BCUT2D eigenvalue weighted by Crippen LogP contribution is -2.54. The van der Waals surface area contributed by atoms with Gasteiger partial charge in [-0.25, -0.2) is 14.4 Å². The lowest BCUT2D eigenvalue weighted by atomic mass is 9.78. The molecule has 1 saturated heterocycles. The Kier molecular flexibility index (Phi) is 14.5. The number of nitrogens with zero attached hydrogens (tertiary/aromatic N) is 2. The molecule has 0 bridgehead atoms. The number of carbonyl (C=O) groups excluding carboxylic acids is 3. The van der Waals surface area contributed by atoms with Gasteiger partial charge in [-0.2, -0.15) is 0 Å². The molecular weight excluding hydrogens is 610 g/mol. The summed E-state index contributed by atoms with van der Waals surface area (Å²) in [6.07, 6.45) is 8.10. The summed E-state index contributed by atoms with van der Waals surface area (Å²) in [4.78, 5) is 42.4. The van der Waals surface area contributed by atoms with E-state index >= 15 is 0 Å². The third-order valence-electron chi connectivity index (χ3n) is 9.23. The Hall–Kier alpha value is -2.30. The van der Waals surface area contributed by atoms with Crippen molar-refractivity contribution in [2.24, 2.45) is 11.8 Å². The number of nitrogens with one attached hydrogen (secondary N) is 1. The molecule has 1 aromatic carbocycles. The van der Waals surface area contributed by atoms with Crippen LogP contribution in [0.15, 0.2) is 24.3 Å². The largest absolute Gasteiger partial charge is 0.464 e. The smallest absolute Gasteiger partial charge is 0.409 e. The zero-order valence-corrected chi connectivity index (χ0v) is 30.1. The molecule has 0 radical (unpaired) electrons. The summed E-state index contributed by atoms with van der Waals surface area (Å²) in [6.45, 7) is 12.5. The van der Waals surface area contributed by atoms with Crippen LogP contribution in [-0.2, 0) is 24.6 Å². The van der Waals surface area contributed by atoms with Crippen molar-refractivity contribution in [3.8, 4) is 0 Å². The van der Waals surface area contributed by atoms with Crippen molar-refractivity contribution < 1.29 is 28.6 Å². The van der Waals surface area contributed by atoms with E-state index in [4.69, 9.17) is 25.8 Å². The number of likely N-dealkylation sites (N-methyl/N-ethyl adjacent to an activating group) is 1. The molecule has 254 valence electrons. The van der Waals surface area contributed by atoms with Gasteiger partial charge in [0.15, 0.2) is 0 Å². The van der Waals surface area contributed by atoms with Crippen LogP contribution < -0.4 is 5.32 Å². The molecule has 1 aliphatic heterocycles. The zero-order valence-electron chi connectivity index (χ0n) is 28.4. The maximum atomic E-state index is 13.8. The Morgan fingerprint density at radius 1 is 1.11 bits per heavy atom. The van der Waals surface area contributed by atoms with Crippen LogP contribution in [-0.4, -0.2) is 88.5 Å². The lowest BCUT2D eigenvalue weighted by Gasteiger charge is -2.44. The molecule has 1 N–H and O–H groups in total. The van der Waals surface area contributed by atoms with Crippen LogP contribution in [0.25, 0.3) is 0 Å². The Morgan fingerprint density at radius 3 is 2.51 bits per heavy atom. The number of benzene rings is 1. The van der Waals surface area contributed by atoms with Crippen LogP contribution in [0.1, 0.15) is 70.8 Å². The summed E-state index contributed by atoms with van der Waals surface area (Å²) in [5, 5.41) is 3.88. The van der Waals surface area contributed by atoms with Gasteiger partial charge in [-0.05, 0) is 62.8 Å². The van der Waals surface area contributed by atoms with E-state index < -0.39 is 19.6 Å². The predicted molar refractivity (Wildman–Crippen MR) is 181 cm³/mol. The first-order valence-electron chi connectivity index (χ1n) is 16.8. The van der Waals surface area contributed by atoms with Crippen LogP contribution in [0.3, 0.4) is 0 Å². The van der Waals surface area contributed by atoms with Crippen molar-refractivity contribution in [2.75, 3.05) is 46.5 Å². The highest BCUT2D eigenvalue weighted by molar-refractivity contribution is 6.76. The predicted octanol–water partition coefficient (Wildman–Crippen LogP) is 7.30. The molecule has 3 atom stereocenters. The minimum absolute atomic E-state index is 0.0781. The van der Waals surface area contributed by atoms with E-state index in [1.807, 2.05) is 36.1 Å². The second-order valence-corrected chi connectivity index (χ2v) is 20.2. The number of rotatable bonds is 14. The average Bonchev–Trinajstić information content (AvgIpc) is 2.99. The molecule has 3 rings (SSSR count). The molecule has 9 nitrogen and oxygen atoms in total. The topological polar surface area (TPSA) is 97.4 Å². The van der Waals surface area contributed by atoms with E-state index in [0.29, 0.717) is 37.2 Å². The van der Waals surface area contributed by atoms with Gasteiger partial charge in [-0.15, -0.1) is 0 Å². The van der Waals surface area contributed by atoms with E-state index in [9.17, 15) is 14.4 Å². The Bertz CT molecular complexity index is 1110. The van der Waals surface area contributed by atoms with Gasteiger partial charge in [0.05, 0.1) is 18.8 Å². The molecule has 0 unspecified atom stereocenters. The molecule has 1 saturated carbocycles. The summed E-state index contributed by atoms with van der Waals surface area (Å²) in [5.74, 6) is 0.0208.